The highest BCUT2D eigenvalue weighted by Crippen LogP contribution is 2.35. The highest BCUT2D eigenvalue weighted by molar-refractivity contribution is 9.10. The minimum Gasteiger partial charge on any atom is -0.466 e. The molecule has 0 bridgehead atoms. The van der Waals surface area contributed by atoms with Crippen molar-refractivity contribution in [2.24, 2.45) is 0 Å². The van der Waals surface area contributed by atoms with Gasteiger partial charge in [-0.15, -0.1) is 0 Å². The fourth-order valence-corrected chi connectivity index (χ4v) is 2.71. The van der Waals surface area contributed by atoms with Gasteiger partial charge in [0.2, 0.25) is 5.91 Å². The maximum absolute atomic E-state index is 14.0. The first-order valence-electron chi connectivity index (χ1n) is 5.98. The van der Waals surface area contributed by atoms with Crippen LogP contribution in [0, 0.1) is 5.82 Å². The molecule has 1 aliphatic heterocycles. The van der Waals surface area contributed by atoms with E-state index >= 15 is 0 Å². The van der Waals surface area contributed by atoms with Crippen molar-refractivity contribution in [3.05, 3.63) is 45.3 Å². The van der Waals surface area contributed by atoms with Gasteiger partial charge in [-0.2, -0.15) is 0 Å². The first-order chi connectivity index (χ1) is 9.43. The number of allylic oxidation sites excluding steroid dienone is 1. The van der Waals surface area contributed by atoms with Crippen LogP contribution in [-0.2, 0) is 14.3 Å². The molecular weight excluding hydrogens is 329 g/mol. The standard InChI is InChI=1S/C14H13BrFNO3/c1-7-13(14(19)20-2)10(6-12(18)17-7)9-5-8(15)3-4-11(9)16/h3-5,10H,6H2,1-2H3,(H,17,18)/t10-/m0/s1. The fraction of sp³-hybridized carbons (Fsp3) is 0.286. The van der Waals surface area contributed by atoms with Crippen molar-refractivity contribution >= 4 is 27.8 Å². The first-order valence-corrected chi connectivity index (χ1v) is 6.77. The molecule has 4 nitrogen and oxygen atoms in total. The van der Waals surface area contributed by atoms with Gasteiger partial charge >= 0.3 is 5.97 Å². The molecule has 0 aromatic heterocycles. The van der Waals surface area contributed by atoms with Crippen molar-refractivity contribution in [2.45, 2.75) is 19.3 Å². The average Bonchev–Trinajstić information content (AvgIpc) is 2.40. The Morgan fingerprint density at radius 1 is 1.50 bits per heavy atom. The molecule has 106 valence electrons. The van der Waals surface area contributed by atoms with Crippen LogP contribution in [0.15, 0.2) is 33.9 Å². The van der Waals surface area contributed by atoms with Crippen LogP contribution in [0.5, 0.6) is 0 Å². The summed E-state index contributed by atoms with van der Waals surface area (Å²) in [6.07, 6.45) is 0.00907. The molecule has 1 amide bonds. The van der Waals surface area contributed by atoms with Crippen molar-refractivity contribution in [2.75, 3.05) is 7.11 Å². The Morgan fingerprint density at radius 2 is 2.20 bits per heavy atom. The van der Waals surface area contributed by atoms with E-state index in [1.165, 1.54) is 13.2 Å². The predicted octanol–water partition coefficient (Wildman–Crippen LogP) is 2.64. The number of carbonyl (C=O) groups is 2. The smallest absolute Gasteiger partial charge is 0.336 e. The molecule has 0 aliphatic carbocycles. The topological polar surface area (TPSA) is 55.4 Å². The molecule has 0 saturated heterocycles. The number of ether oxygens (including phenoxy) is 1. The van der Waals surface area contributed by atoms with Gasteiger partial charge < -0.3 is 10.1 Å². The summed E-state index contributed by atoms with van der Waals surface area (Å²) in [6, 6.07) is 4.45. The van der Waals surface area contributed by atoms with Crippen molar-refractivity contribution in [1.29, 1.82) is 0 Å². The van der Waals surface area contributed by atoms with E-state index in [0.717, 1.165) is 0 Å². The lowest BCUT2D eigenvalue weighted by molar-refractivity contribution is -0.136. The Bertz CT molecular complexity index is 612. The lowest BCUT2D eigenvalue weighted by Gasteiger charge is -2.26. The van der Waals surface area contributed by atoms with Crippen molar-refractivity contribution < 1.29 is 18.7 Å². The highest BCUT2D eigenvalue weighted by atomic mass is 79.9. The van der Waals surface area contributed by atoms with Gasteiger partial charge in [0.15, 0.2) is 0 Å². The van der Waals surface area contributed by atoms with E-state index in [-0.39, 0.29) is 17.9 Å². The van der Waals surface area contributed by atoms with E-state index in [9.17, 15) is 14.0 Å². The number of rotatable bonds is 2. The molecule has 1 aromatic rings. The molecule has 1 heterocycles. The van der Waals surface area contributed by atoms with E-state index in [1.807, 2.05) is 0 Å². The Kier molecular flexibility index (Phi) is 4.23. The Balaban J connectivity index is 2.56. The zero-order chi connectivity index (χ0) is 14.9. The normalized spacial score (nSPS) is 18.8. The van der Waals surface area contributed by atoms with Crippen molar-refractivity contribution in [3.8, 4) is 0 Å². The summed E-state index contributed by atoms with van der Waals surface area (Å²) in [5.41, 5.74) is 0.982. The number of nitrogens with one attached hydrogen (secondary N) is 1. The van der Waals surface area contributed by atoms with Gasteiger partial charge in [-0.25, -0.2) is 9.18 Å². The Hall–Kier alpha value is -1.69. The first kappa shape index (κ1) is 14.7. The van der Waals surface area contributed by atoms with Gasteiger partial charge in [0, 0.05) is 22.5 Å². The summed E-state index contributed by atoms with van der Waals surface area (Å²) in [6.45, 7) is 1.60. The molecule has 6 heteroatoms. The number of hydrogen-bond donors (Lipinski definition) is 1. The third kappa shape index (κ3) is 2.75. The second kappa shape index (κ2) is 5.75. The quantitative estimate of drug-likeness (QED) is 0.841. The second-order valence-electron chi connectivity index (χ2n) is 4.50. The maximum Gasteiger partial charge on any atom is 0.336 e. The minimum atomic E-state index is -0.645. The molecule has 1 atom stereocenters. The third-order valence-electron chi connectivity index (χ3n) is 3.21. The van der Waals surface area contributed by atoms with Gasteiger partial charge in [-0.1, -0.05) is 15.9 Å². The Morgan fingerprint density at radius 3 is 2.85 bits per heavy atom. The Labute approximate surface area is 124 Å². The molecule has 0 fully saturated rings. The fourth-order valence-electron chi connectivity index (χ4n) is 2.33. The number of esters is 1. The molecule has 1 aliphatic rings. The lowest BCUT2D eigenvalue weighted by Crippen LogP contribution is -2.34. The van der Waals surface area contributed by atoms with Crippen LogP contribution in [0.4, 0.5) is 4.39 Å². The van der Waals surface area contributed by atoms with Crippen LogP contribution in [0.25, 0.3) is 0 Å². The van der Waals surface area contributed by atoms with Crippen LogP contribution in [0.3, 0.4) is 0 Å². The van der Waals surface area contributed by atoms with Gasteiger partial charge in [0.05, 0.1) is 12.7 Å². The number of amides is 1. The highest BCUT2D eigenvalue weighted by Gasteiger charge is 2.33. The van der Waals surface area contributed by atoms with Gasteiger partial charge in [-0.3, -0.25) is 4.79 Å². The van der Waals surface area contributed by atoms with Crippen LogP contribution in [0.1, 0.15) is 24.8 Å². The monoisotopic (exact) mass is 341 g/mol. The van der Waals surface area contributed by atoms with E-state index in [0.29, 0.717) is 15.7 Å². The van der Waals surface area contributed by atoms with E-state index in [2.05, 4.69) is 21.2 Å². The average molecular weight is 342 g/mol. The number of carbonyl (C=O) groups excluding carboxylic acids is 2. The van der Waals surface area contributed by atoms with Crippen molar-refractivity contribution in [1.82, 2.24) is 5.32 Å². The summed E-state index contributed by atoms with van der Waals surface area (Å²) >= 11 is 3.27. The van der Waals surface area contributed by atoms with Crippen LogP contribution >= 0.6 is 15.9 Å². The summed E-state index contributed by atoms with van der Waals surface area (Å²) in [7, 11) is 1.26. The van der Waals surface area contributed by atoms with Crippen LogP contribution < -0.4 is 5.32 Å². The molecule has 0 spiro atoms. The SMILES string of the molecule is COC(=O)C1=C(C)NC(=O)C[C@H]1c1cc(Br)ccc1F. The minimum absolute atomic E-state index is 0.00907. The maximum atomic E-state index is 14.0. The number of methoxy groups -OCH3 is 1. The van der Waals surface area contributed by atoms with E-state index in [1.54, 1.807) is 19.1 Å². The molecule has 2 rings (SSSR count). The van der Waals surface area contributed by atoms with E-state index < -0.39 is 17.7 Å². The molecule has 0 saturated carbocycles. The predicted molar refractivity (Wildman–Crippen MR) is 74.3 cm³/mol. The molecule has 20 heavy (non-hydrogen) atoms. The van der Waals surface area contributed by atoms with Gasteiger partial charge in [0.1, 0.15) is 5.82 Å². The van der Waals surface area contributed by atoms with Gasteiger partial charge in [0.25, 0.3) is 0 Å². The van der Waals surface area contributed by atoms with Crippen molar-refractivity contribution in [3.63, 3.8) is 0 Å². The molecule has 0 radical (unpaired) electrons. The molecule has 0 unspecified atom stereocenters. The molecule has 1 N–H and O–H groups in total. The lowest BCUT2D eigenvalue weighted by atomic mass is 9.84. The summed E-state index contributed by atoms with van der Waals surface area (Å²) in [5, 5.41) is 2.58. The largest absolute Gasteiger partial charge is 0.466 e. The zero-order valence-corrected chi connectivity index (χ0v) is 12.6. The van der Waals surface area contributed by atoms with Gasteiger partial charge in [-0.05, 0) is 30.7 Å². The summed E-state index contributed by atoms with van der Waals surface area (Å²) in [4.78, 5) is 23.6. The second-order valence-corrected chi connectivity index (χ2v) is 5.42. The van der Waals surface area contributed by atoms with Crippen LogP contribution in [0.2, 0.25) is 0 Å². The number of benzene rings is 1. The third-order valence-corrected chi connectivity index (χ3v) is 3.70. The van der Waals surface area contributed by atoms with E-state index in [4.69, 9.17) is 4.74 Å². The molecular formula is C14H13BrFNO3. The zero-order valence-electron chi connectivity index (χ0n) is 11.0. The number of halogens is 2. The summed E-state index contributed by atoms with van der Waals surface area (Å²) in [5.74, 6) is -1.91. The number of hydrogen-bond acceptors (Lipinski definition) is 3. The molecule has 1 aromatic carbocycles. The van der Waals surface area contributed by atoms with Crippen LogP contribution in [-0.4, -0.2) is 19.0 Å². The summed E-state index contributed by atoms with van der Waals surface area (Å²) < 4.78 is 19.4.